The number of nitro groups is 1. The highest BCUT2D eigenvalue weighted by Crippen LogP contribution is 2.47. The van der Waals surface area contributed by atoms with Crippen LogP contribution in [0.15, 0.2) is 48.5 Å². The number of nitrogens with one attached hydrogen (secondary N) is 1. The lowest BCUT2D eigenvalue weighted by Gasteiger charge is -2.19. The number of nitro benzene ring substituents is 1. The van der Waals surface area contributed by atoms with Crippen molar-refractivity contribution in [2.24, 2.45) is 0 Å². The maximum Gasteiger partial charge on any atom is 0.423 e. The van der Waals surface area contributed by atoms with Crippen molar-refractivity contribution in [2.75, 3.05) is 19.8 Å². The Morgan fingerprint density at radius 1 is 1.22 bits per heavy atom. The Kier molecular flexibility index (Phi) is 16.4. The predicted molar refractivity (Wildman–Crippen MR) is 131 cm³/mol. The Labute approximate surface area is 213 Å². The van der Waals surface area contributed by atoms with E-state index in [0.717, 1.165) is 11.6 Å². The van der Waals surface area contributed by atoms with Crippen molar-refractivity contribution in [3.8, 4) is 0 Å². The quantitative estimate of drug-likeness (QED) is 0.121. The van der Waals surface area contributed by atoms with E-state index in [-0.39, 0.29) is 31.3 Å². The van der Waals surface area contributed by atoms with Crippen LogP contribution in [0.1, 0.15) is 42.8 Å². The van der Waals surface area contributed by atoms with E-state index in [4.69, 9.17) is 9.53 Å². The van der Waals surface area contributed by atoms with Crippen LogP contribution in [-0.2, 0) is 27.1 Å². The van der Waals surface area contributed by atoms with Gasteiger partial charge in [-0.3, -0.25) is 14.9 Å². The molecule has 10 nitrogen and oxygen atoms in total. The lowest BCUT2D eigenvalue weighted by atomic mass is 10.1. The molecule has 2 unspecified atom stereocenters. The Morgan fingerprint density at radius 2 is 1.81 bits per heavy atom. The zero-order valence-corrected chi connectivity index (χ0v) is 21.4. The van der Waals surface area contributed by atoms with Crippen molar-refractivity contribution in [1.82, 2.24) is 5.32 Å². The summed E-state index contributed by atoms with van der Waals surface area (Å²) >= 11 is 0. The van der Waals surface area contributed by atoms with Crippen LogP contribution >= 0.6 is 8.15 Å². The minimum absolute atomic E-state index is 0.0216. The van der Waals surface area contributed by atoms with E-state index in [1.807, 2.05) is 19.9 Å². The first-order valence-corrected chi connectivity index (χ1v) is 12.5. The van der Waals surface area contributed by atoms with Crippen molar-refractivity contribution >= 4 is 26.4 Å². The van der Waals surface area contributed by atoms with Crippen molar-refractivity contribution in [3.63, 3.8) is 0 Å². The molecule has 0 bridgehead atoms. The van der Waals surface area contributed by atoms with E-state index in [9.17, 15) is 38.1 Å². The molecule has 206 valence electrons. The number of aliphatic hydroxyl groups is 1. The fourth-order valence-corrected chi connectivity index (χ4v) is 3.83. The van der Waals surface area contributed by atoms with Gasteiger partial charge in [-0.15, -0.1) is 0 Å². The monoisotopic (exact) mass is 550 g/mol. The van der Waals surface area contributed by atoms with E-state index in [0.29, 0.717) is 18.6 Å². The van der Waals surface area contributed by atoms with Gasteiger partial charge in [0.1, 0.15) is 18.0 Å². The summed E-state index contributed by atoms with van der Waals surface area (Å²) in [5.74, 6) is -1.62. The number of carbonyl (C=O) groups is 2. The standard InChI is InChI=1S/C19H20F3N2O6P.C2H4O2.C2H6/c20-19(21,22)15-11-14(7-8-16(15)24(27)28)17(25)31(29)10-4-9-23-18(26)30-12-13-5-2-1-3-6-13;1-4-2-3;1-2/h1-3,5-8,11,17,25,29H,4,9-10,12H2,(H,23,26);2H,1H3;1-2H3. The molecule has 0 heterocycles. The summed E-state index contributed by atoms with van der Waals surface area (Å²) in [5.41, 5.74) is -2.10. The van der Waals surface area contributed by atoms with E-state index >= 15 is 0 Å². The highest BCUT2D eigenvalue weighted by Gasteiger charge is 2.39. The number of aliphatic hydroxyl groups excluding tert-OH is 1. The van der Waals surface area contributed by atoms with E-state index in [1.165, 1.54) is 7.11 Å². The topological polar surface area (TPSA) is 148 Å². The summed E-state index contributed by atoms with van der Waals surface area (Å²) < 4.78 is 48.0. The second-order valence-electron chi connectivity index (χ2n) is 6.74. The maximum absolute atomic E-state index is 13.1. The third-order valence-corrected chi connectivity index (χ3v) is 5.88. The molecule has 0 spiro atoms. The third-order valence-electron chi connectivity index (χ3n) is 4.25. The molecule has 2 aromatic carbocycles. The van der Waals surface area contributed by atoms with Gasteiger partial charge in [0.2, 0.25) is 0 Å². The lowest BCUT2D eigenvalue weighted by molar-refractivity contribution is -0.388. The SMILES string of the molecule is CC.COC=O.O=C(NCCCP(O)C(O)c1ccc([N+](=O)[O-])c(C(F)(F)F)c1)OCc1ccccc1. The smallest absolute Gasteiger partial charge is 0.423 e. The number of carbonyl (C=O) groups excluding carboxylic acids is 2. The number of amides is 1. The van der Waals surface area contributed by atoms with Crippen LogP contribution in [0.3, 0.4) is 0 Å². The molecule has 0 saturated carbocycles. The van der Waals surface area contributed by atoms with Crippen molar-refractivity contribution in [1.29, 1.82) is 0 Å². The summed E-state index contributed by atoms with van der Waals surface area (Å²) in [4.78, 5) is 40.3. The zero-order chi connectivity index (χ0) is 28.4. The number of alkyl carbamates (subject to hydrolysis) is 1. The average molecular weight is 550 g/mol. The summed E-state index contributed by atoms with van der Waals surface area (Å²) in [6.45, 7) is 4.58. The van der Waals surface area contributed by atoms with Crippen LogP contribution < -0.4 is 5.32 Å². The molecule has 0 fully saturated rings. The van der Waals surface area contributed by atoms with Crippen molar-refractivity contribution in [2.45, 2.75) is 38.9 Å². The van der Waals surface area contributed by atoms with Crippen LogP contribution in [-0.4, -0.2) is 47.3 Å². The van der Waals surface area contributed by atoms with E-state index in [1.54, 1.807) is 24.3 Å². The van der Waals surface area contributed by atoms with Gasteiger partial charge in [0.05, 0.1) is 20.2 Å². The lowest BCUT2D eigenvalue weighted by Crippen LogP contribution is -2.25. The third kappa shape index (κ3) is 13.0. The molecule has 0 aliphatic rings. The number of methoxy groups -OCH3 is 1. The van der Waals surface area contributed by atoms with Gasteiger partial charge in [0.15, 0.2) is 0 Å². The molecule has 0 radical (unpaired) electrons. The van der Waals surface area contributed by atoms with Crippen LogP contribution in [0, 0.1) is 10.1 Å². The van der Waals surface area contributed by atoms with Gasteiger partial charge in [0, 0.05) is 12.6 Å². The molecule has 0 aromatic heterocycles. The van der Waals surface area contributed by atoms with Gasteiger partial charge in [-0.25, -0.2) is 4.79 Å². The van der Waals surface area contributed by atoms with Crippen molar-refractivity contribution < 1.29 is 47.2 Å². The van der Waals surface area contributed by atoms with Gasteiger partial charge in [-0.2, -0.15) is 13.2 Å². The first kappa shape index (κ1) is 33.7. The largest absolute Gasteiger partial charge is 0.471 e. The maximum atomic E-state index is 13.1. The normalized spacial score (nSPS) is 11.9. The van der Waals surface area contributed by atoms with Crippen molar-refractivity contribution in [3.05, 3.63) is 75.3 Å². The molecule has 2 aromatic rings. The van der Waals surface area contributed by atoms with Gasteiger partial charge in [0.25, 0.3) is 12.2 Å². The number of benzene rings is 2. The highest BCUT2D eigenvalue weighted by atomic mass is 31.1. The highest BCUT2D eigenvalue weighted by molar-refractivity contribution is 7.51. The fraction of sp³-hybridized carbons (Fsp3) is 0.391. The number of ether oxygens (including phenoxy) is 2. The van der Waals surface area contributed by atoms with Crippen LogP contribution in [0.4, 0.5) is 23.7 Å². The molecular formula is C23H30F3N2O8P. The molecule has 2 atom stereocenters. The summed E-state index contributed by atoms with van der Waals surface area (Å²) in [6, 6.07) is 11.1. The Morgan fingerprint density at radius 3 is 2.32 bits per heavy atom. The first-order chi connectivity index (χ1) is 17.5. The summed E-state index contributed by atoms with van der Waals surface area (Å²) in [7, 11) is -0.827. The van der Waals surface area contributed by atoms with E-state index < -0.39 is 42.4 Å². The number of halogens is 3. The molecule has 14 heteroatoms. The molecule has 0 aliphatic heterocycles. The molecule has 0 saturated heterocycles. The minimum atomic E-state index is -4.99. The zero-order valence-electron chi connectivity index (χ0n) is 20.5. The predicted octanol–water partition coefficient (Wildman–Crippen LogP) is 5.13. The fourth-order valence-electron chi connectivity index (χ4n) is 2.60. The minimum Gasteiger partial charge on any atom is -0.471 e. The van der Waals surface area contributed by atoms with E-state index in [2.05, 4.69) is 10.1 Å². The molecule has 1 amide bonds. The summed E-state index contributed by atoms with van der Waals surface area (Å²) in [5, 5.41) is 23.4. The van der Waals surface area contributed by atoms with Gasteiger partial charge in [-0.1, -0.05) is 44.2 Å². The molecule has 0 aliphatic carbocycles. The molecule has 2 rings (SSSR count). The molecule has 37 heavy (non-hydrogen) atoms. The Hall–Kier alpha value is -3.28. The van der Waals surface area contributed by atoms with Crippen LogP contribution in [0.2, 0.25) is 0 Å². The average Bonchev–Trinajstić information content (AvgIpc) is 2.90. The first-order valence-electron chi connectivity index (χ1n) is 10.9. The molecule has 3 N–H and O–H groups in total. The van der Waals surface area contributed by atoms with Crippen LogP contribution in [0.25, 0.3) is 0 Å². The number of hydrogen-bond donors (Lipinski definition) is 3. The summed E-state index contributed by atoms with van der Waals surface area (Å²) in [6.07, 6.45) is -5.40. The van der Waals surface area contributed by atoms with Gasteiger partial charge < -0.3 is 24.8 Å². The van der Waals surface area contributed by atoms with Gasteiger partial charge >= 0.3 is 12.3 Å². The second kappa shape index (κ2) is 18.0. The molecular weight excluding hydrogens is 520 g/mol. The second-order valence-corrected chi connectivity index (χ2v) is 8.56. The Balaban J connectivity index is 0.00000196. The van der Waals surface area contributed by atoms with Gasteiger partial charge in [-0.05, 0) is 35.8 Å². The number of alkyl halides is 3. The number of nitrogens with zero attached hydrogens (tertiary/aromatic N) is 1. The van der Waals surface area contributed by atoms with Crippen LogP contribution in [0.5, 0.6) is 0 Å². The number of hydrogen-bond acceptors (Lipinski definition) is 8. The Bertz CT molecular complexity index is 965. The number of rotatable bonds is 10.